The monoisotopic (exact) mass is 541 g/mol. The van der Waals surface area contributed by atoms with Crippen molar-refractivity contribution in [2.24, 2.45) is 0 Å². The Labute approximate surface area is 212 Å². The lowest BCUT2D eigenvalue weighted by Crippen LogP contribution is -2.41. The average Bonchev–Trinajstić information content (AvgIpc) is 3.22. The summed E-state index contributed by atoms with van der Waals surface area (Å²) in [5, 5.41) is 14.8. The molecule has 10 heteroatoms. The third kappa shape index (κ3) is 4.91. The fourth-order valence-corrected chi connectivity index (χ4v) is 4.82. The molecule has 0 aliphatic carbocycles. The van der Waals surface area contributed by atoms with E-state index in [0.29, 0.717) is 51.5 Å². The number of aromatic nitrogens is 3. The van der Waals surface area contributed by atoms with Gasteiger partial charge in [-0.3, -0.25) is 0 Å². The molecule has 1 aliphatic rings. The van der Waals surface area contributed by atoms with Crippen LogP contribution < -0.4 is 9.47 Å². The van der Waals surface area contributed by atoms with Crippen molar-refractivity contribution in [1.82, 2.24) is 19.5 Å². The Balaban J connectivity index is 1.69. The second kappa shape index (κ2) is 9.74. The highest BCUT2D eigenvalue weighted by Gasteiger charge is 2.29. The van der Waals surface area contributed by atoms with Gasteiger partial charge in [0.05, 0.1) is 14.2 Å². The van der Waals surface area contributed by atoms with Crippen molar-refractivity contribution in [3.63, 3.8) is 0 Å². The summed E-state index contributed by atoms with van der Waals surface area (Å²) in [4.78, 5) is 18.7. The number of ether oxygens (including phenoxy) is 3. The Morgan fingerprint density at radius 3 is 2.34 bits per heavy atom. The van der Waals surface area contributed by atoms with Crippen LogP contribution in [-0.2, 0) is 4.74 Å². The zero-order valence-corrected chi connectivity index (χ0v) is 22.0. The van der Waals surface area contributed by atoms with E-state index >= 15 is 0 Å². The van der Waals surface area contributed by atoms with Gasteiger partial charge in [-0.1, -0.05) is 0 Å². The van der Waals surface area contributed by atoms with Crippen molar-refractivity contribution in [3.8, 4) is 28.8 Å². The second-order valence-corrected chi connectivity index (χ2v) is 10.2. The first-order valence-corrected chi connectivity index (χ1v) is 12.1. The summed E-state index contributed by atoms with van der Waals surface area (Å²) in [5.41, 5.74) is 2.50. The maximum atomic E-state index is 12.5. The van der Waals surface area contributed by atoms with Gasteiger partial charge in [0.2, 0.25) is 0 Å². The number of hydrogen-bond acceptors (Lipinski definition) is 7. The maximum absolute atomic E-state index is 12.5. The molecule has 0 N–H and O–H groups in total. The minimum atomic E-state index is -0.525. The van der Waals surface area contributed by atoms with Crippen LogP contribution in [0.4, 0.5) is 4.79 Å². The zero-order valence-electron chi connectivity index (χ0n) is 20.5. The average molecular weight is 542 g/mol. The van der Waals surface area contributed by atoms with E-state index in [2.05, 4.69) is 27.0 Å². The number of nitrogens with zero attached hydrogens (tertiary/aromatic N) is 5. The van der Waals surface area contributed by atoms with E-state index in [0.717, 1.165) is 18.5 Å². The summed E-state index contributed by atoms with van der Waals surface area (Å²) in [7, 11) is 3.14. The molecule has 35 heavy (non-hydrogen) atoms. The van der Waals surface area contributed by atoms with E-state index in [1.54, 1.807) is 29.8 Å². The van der Waals surface area contributed by atoms with Crippen molar-refractivity contribution in [2.75, 3.05) is 27.3 Å². The van der Waals surface area contributed by atoms with Crippen LogP contribution in [0.1, 0.15) is 50.8 Å². The molecule has 1 amide bonds. The molecular formula is C25H28BrN5O4. The Morgan fingerprint density at radius 2 is 1.80 bits per heavy atom. The molecule has 0 atom stereocenters. The van der Waals surface area contributed by atoms with Crippen LogP contribution in [0.5, 0.6) is 11.5 Å². The minimum absolute atomic E-state index is 0.160. The molecule has 0 radical (unpaired) electrons. The molecular weight excluding hydrogens is 514 g/mol. The number of halogens is 1. The van der Waals surface area contributed by atoms with Crippen LogP contribution in [0, 0.1) is 11.3 Å². The van der Waals surface area contributed by atoms with Gasteiger partial charge in [-0.2, -0.15) is 10.4 Å². The Kier molecular flexibility index (Phi) is 6.90. The molecule has 9 nitrogen and oxygen atoms in total. The Morgan fingerprint density at radius 1 is 1.17 bits per heavy atom. The van der Waals surface area contributed by atoms with Crippen LogP contribution >= 0.6 is 15.9 Å². The van der Waals surface area contributed by atoms with Gasteiger partial charge in [0, 0.05) is 36.5 Å². The molecule has 1 fully saturated rings. The van der Waals surface area contributed by atoms with Gasteiger partial charge in [0.1, 0.15) is 38.9 Å². The summed E-state index contributed by atoms with van der Waals surface area (Å²) in [6, 6.07) is 7.83. The van der Waals surface area contributed by atoms with E-state index in [-0.39, 0.29) is 12.0 Å². The molecule has 1 aliphatic heterocycles. The first-order chi connectivity index (χ1) is 16.7. The number of piperidine rings is 1. The number of nitriles is 1. The number of hydrogen-bond donors (Lipinski definition) is 0. The van der Waals surface area contributed by atoms with E-state index in [1.165, 1.54) is 0 Å². The van der Waals surface area contributed by atoms with Gasteiger partial charge >= 0.3 is 6.09 Å². The van der Waals surface area contributed by atoms with Crippen LogP contribution in [0.25, 0.3) is 16.9 Å². The fraction of sp³-hybridized carbons (Fsp3) is 0.440. The van der Waals surface area contributed by atoms with Crippen molar-refractivity contribution in [2.45, 2.75) is 45.1 Å². The molecule has 3 aromatic rings. The van der Waals surface area contributed by atoms with Crippen LogP contribution in [0.15, 0.2) is 28.9 Å². The molecule has 1 aromatic carbocycles. The van der Waals surface area contributed by atoms with E-state index in [1.807, 2.05) is 39.0 Å². The van der Waals surface area contributed by atoms with Crippen molar-refractivity contribution >= 4 is 27.7 Å². The van der Waals surface area contributed by atoms with Crippen molar-refractivity contribution < 1.29 is 19.0 Å². The number of carbonyl (C=O) groups excluding carboxylic acids is 1. The number of benzene rings is 1. The second-order valence-electron chi connectivity index (χ2n) is 9.38. The van der Waals surface area contributed by atoms with Gasteiger partial charge in [-0.15, -0.1) is 0 Å². The number of carbonyl (C=O) groups is 1. The zero-order chi connectivity index (χ0) is 25.3. The summed E-state index contributed by atoms with van der Waals surface area (Å²) in [5.74, 6) is 1.30. The first kappa shape index (κ1) is 24.8. The van der Waals surface area contributed by atoms with E-state index in [4.69, 9.17) is 19.3 Å². The quantitative estimate of drug-likeness (QED) is 0.449. The standard InChI is InChI=1S/C25H28BrN5O4/c1-25(2,3)35-24(32)30-10-7-15(8-11-30)18-6-9-28-23-17(14-27)22(29-31(18)23)16-12-19(33-4)21(26)20(13-16)34-5/h6,9,12-13,15H,7-8,10-11H2,1-5H3. The summed E-state index contributed by atoms with van der Waals surface area (Å²) in [6.07, 6.45) is 2.94. The highest BCUT2D eigenvalue weighted by molar-refractivity contribution is 9.10. The number of amides is 1. The Bertz CT molecular complexity index is 1270. The van der Waals surface area contributed by atoms with Crippen LogP contribution in [0.3, 0.4) is 0 Å². The third-order valence-corrected chi connectivity index (χ3v) is 6.73. The number of likely N-dealkylation sites (tertiary alicyclic amines) is 1. The number of methoxy groups -OCH3 is 2. The summed E-state index contributed by atoms with van der Waals surface area (Å²) >= 11 is 3.48. The topological polar surface area (TPSA) is 102 Å². The molecule has 1 saturated heterocycles. The van der Waals surface area contributed by atoms with Crippen LogP contribution in [-0.4, -0.2) is 58.5 Å². The molecule has 0 unspecified atom stereocenters. The predicted octanol–water partition coefficient (Wildman–Crippen LogP) is 5.16. The summed E-state index contributed by atoms with van der Waals surface area (Å²) in [6.45, 7) is 6.77. The van der Waals surface area contributed by atoms with Crippen LogP contribution in [0.2, 0.25) is 0 Å². The van der Waals surface area contributed by atoms with E-state index < -0.39 is 5.60 Å². The molecule has 0 bridgehead atoms. The third-order valence-electron chi connectivity index (χ3n) is 5.94. The smallest absolute Gasteiger partial charge is 0.410 e. The van der Waals surface area contributed by atoms with Gasteiger partial charge in [0.15, 0.2) is 5.65 Å². The molecule has 2 aromatic heterocycles. The molecule has 184 valence electrons. The SMILES string of the molecule is COc1cc(-c2nn3c(C4CCN(C(=O)OC(C)(C)C)CC4)ccnc3c2C#N)cc(OC)c1Br. The highest BCUT2D eigenvalue weighted by Crippen LogP contribution is 2.40. The lowest BCUT2D eigenvalue weighted by atomic mass is 9.93. The fourth-order valence-electron chi connectivity index (χ4n) is 4.27. The molecule has 0 saturated carbocycles. The largest absolute Gasteiger partial charge is 0.495 e. The van der Waals surface area contributed by atoms with Gasteiger partial charge < -0.3 is 19.1 Å². The Hall–Kier alpha value is -3.32. The maximum Gasteiger partial charge on any atom is 0.410 e. The van der Waals surface area contributed by atoms with E-state index in [9.17, 15) is 10.1 Å². The first-order valence-electron chi connectivity index (χ1n) is 11.3. The molecule has 0 spiro atoms. The minimum Gasteiger partial charge on any atom is -0.495 e. The van der Waals surface area contributed by atoms with Gasteiger partial charge in [0.25, 0.3) is 0 Å². The van der Waals surface area contributed by atoms with Crippen molar-refractivity contribution in [3.05, 3.63) is 40.1 Å². The normalized spacial score (nSPS) is 14.6. The van der Waals surface area contributed by atoms with Gasteiger partial charge in [-0.05, 0) is 67.7 Å². The number of rotatable bonds is 4. The summed E-state index contributed by atoms with van der Waals surface area (Å²) < 4.78 is 18.9. The lowest BCUT2D eigenvalue weighted by Gasteiger charge is -2.33. The lowest BCUT2D eigenvalue weighted by molar-refractivity contribution is 0.0203. The highest BCUT2D eigenvalue weighted by atomic mass is 79.9. The molecule has 3 heterocycles. The molecule has 4 rings (SSSR count). The van der Waals surface area contributed by atoms with Crippen molar-refractivity contribution in [1.29, 1.82) is 5.26 Å². The van der Waals surface area contributed by atoms with Gasteiger partial charge in [-0.25, -0.2) is 14.3 Å². The number of fused-ring (bicyclic) bond motifs is 1. The predicted molar refractivity (Wildman–Crippen MR) is 134 cm³/mol.